The van der Waals surface area contributed by atoms with Gasteiger partial charge in [0.25, 0.3) is 0 Å². The molecule has 0 aliphatic rings. The van der Waals surface area contributed by atoms with Crippen LogP contribution >= 0.6 is 0 Å². The molecule has 10 heteroatoms. The Balaban J connectivity index is 1.76. The lowest BCUT2D eigenvalue weighted by Gasteiger charge is -2.05. The number of carboxylic acid groups (broad SMARTS) is 2. The predicted octanol–water partition coefficient (Wildman–Crippen LogP) is 1.67. The van der Waals surface area contributed by atoms with E-state index in [0.29, 0.717) is 0 Å². The van der Waals surface area contributed by atoms with Crippen LogP contribution in [-0.4, -0.2) is 47.3 Å². The van der Waals surface area contributed by atoms with Crippen LogP contribution in [0.25, 0.3) is 0 Å². The molecule has 2 rings (SSSR count). The Bertz CT molecular complexity index is 731. The third-order valence-electron chi connectivity index (χ3n) is 2.91. The van der Waals surface area contributed by atoms with Crippen LogP contribution in [0.1, 0.15) is 48.2 Å². The molecule has 10 nitrogen and oxygen atoms in total. The molecule has 2 heterocycles. The van der Waals surface area contributed by atoms with Crippen LogP contribution in [0.5, 0.6) is 0 Å². The van der Waals surface area contributed by atoms with Gasteiger partial charge in [-0.3, -0.25) is 0 Å². The lowest BCUT2D eigenvalue weighted by Crippen LogP contribution is -2.13. The molecule has 0 aliphatic heterocycles. The van der Waals surface area contributed by atoms with Crippen molar-refractivity contribution in [3.8, 4) is 0 Å². The van der Waals surface area contributed by atoms with Gasteiger partial charge in [-0.05, 0) is 12.1 Å². The van der Waals surface area contributed by atoms with Crippen LogP contribution in [0.3, 0.4) is 0 Å². The van der Waals surface area contributed by atoms with E-state index >= 15 is 0 Å². The summed E-state index contributed by atoms with van der Waals surface area (Å²) in [6.07, 6.45) is 2.22. The third-order valence-corrected chi connectivity index (χ3v) is 2.91. The number of carboxylic acids is 2. The molecule has 25 heavy (non-hydrogen) atoms. The van der Waals surface area contributed by atoms with E-state index < -0.39 is 35.4 Å². The number of aromatic carboxylic acids is 2. The highest BCUT2D eigenvalue weighted by molar-refractivity contribution is 6.01. The topological polar surface area (TPSA) is 153 Å². The van der Waals surface area contributed by atoms with Gasteiger partial charge in [0.05, 0.1) is 25.7 Å². The number of rotatable bonds is 8. The molecule has 0 radical (unpaired) electrons. The summed E-state index contributed by atoms with van der Waals surface area (Å²) >= 11 is 0. The summed E-state index contributed by atoms with van der Waals surface area (Å²) in [7, 11) is 0. The van der Waals surface area contributed by atoms with E-state index in [1.54, 1.807) is 0 Å². The van der Waals surface area contributed by atoms with Crippen LogP contribution < -0.4 is 0 Å². The molecule has 2 N–H and O–H groups in total. The fraction of sp³-hybridized carbons (Fsp3) is 0.200. The average Bonchev–Trinajstić information content (AvgIpc) is 3.23. The molecule has 132 valence electrons. The molecule has 0 fully saturated rings. The van der Waals surface area contributed by atoms with Gasteiger partial charge in [-0.15, -0.1) is 0 Å². The molecular formula is C15H12O10. The molecule has 0 spiro atoms. The molecule has 0 aromatic carbocycles. The first kappa shape index (κ1) is 17.8. The van der Waals surface area contributed by atoms with Gasteiger partial charge < -0.3 is 28.5 Å². The van der Waals surface area contributed by atoms with Gasteiger partial charge in [-0.25, -0.2) is 19.2 Å². The van der Waals surface area contributed by atoms with Crippen molar-refractivity contribution in [2.24, 2.45) is 0 Å². The molecule has 0 atom stereocenters. The summed E-state index contributed by atoms with van der Waals surface area (Å²) in [4.78, 5) is 45.0. The molecular weight excluding hydrogens is 340 g/mol. The number of hydrogen-bond acceptors (Lipinski definition) is 8. The highest BCUT2D eigenvalue weighted by Gasteiger charge is 2.22. The SMILES string of the molecule is O=C(OCCCOC(=O)c1ccoc1C(=O)O)c1ccoc1C(=O)O. The Morgan fingerprint density at radius 2 is 1.20 bits per heavy atom. The first-order valence-electron chi connectivity index (χ1n) is 6.87. The number of ether oxygens (including phenoxy) is 2. The summed E-state index contributed by atoms with van der Waals surface area (Å²) in [6, 6.07) is 2.33. The number of hydrogen-bond donors (Lipinski definition) is 2. The largest absolute Gasteiger partial charge is 0.475 e. The zero-order valence-electron chi connectivity index (χ0n) is 12.6. The Kier molecular flexibility index (Phi) is 5.56. The Morgan fingerprint density at radius 3 is 1.56 bits per heavy atom. The van der Waals surface area contributed by atoms with Gasteiger partial charge in [0.1, 0.15) is 11.1 Å². The zero-order chi connectivity index (χ0) is 18.4. The third kappa shape index (κ3) is 4.25. The first-order valence-corrected chi connectivity index (χ1v) is 6.87. The number of esters is 2. The van der Waals surface area contributed by atoms with E-state index in [0.717, 1.165) is 24.7 Å². The average molecular weight is 352 g/mol. The van der Waals surface area contributed by atoms with Gasteiger partial charge in [0.15, 0.2) is 0 Å². The second-order valence-corrected chi connectivity index (χ2v) is 4.56. The van der Waals surface area contributed by atoms with Crippen molar-refractivity contribution in [3.05, 3.63) is 47.3 Å². The standard InChI is InChI=1S/C15H12O10/c16-12(17)10-8(2-6-22-10)14(20)24-4-1-5-25-15(21)9-3-7-23-11(9)13(18)19/h2-3,6-7H,1,4-5H2,(H,16,17)(H,18,19). The monoisotopic (exact) mass is 352 g/mol. The van der Waals surface area contributed by atoms with Crippen molar-refractivity contribution in [2.75, 3.05) is 13.2 Å². The van der Waals surface area contributed by atoms with E-state index in [1.165, 1.54) is 0 Å². The maximum absolute atomic E-state index is 11.7. The lowest BCUT2D eigenvalue weighted by atomic mass is 10.2. The summed E-state index contributed by atoms with van der Waals surface area (Å²) in [6.45, 7) is -0.291. The minimum Gasteiger partial charge on any atom is -0.475 e. The van der Waals surface area contributed by atoms with E-state index in [4.69, 9.17) is 19.7 Å². The molecule has 0 aliphatic carbocycles. The molecule has 2 aromatic rings. The number of carbonyl (C=O) groups excluding carboxylic acids is 2. The number of carbonyl (C=O) groups is 4. The van der Waals surface area contributed by atoms with Crippen LogP contribution in [0.2, 0.25) is 0 Å². The van der Waals surface area contributed by atoms with Gasteiger partial charge in [0, 0.05) is 6.42 Å². The maximum Gasteiger partial charge on any atom is 0.372 e. The zero-order valence-corrected chi connectivity index (χ0v) is 12.6. The minimum absolute atomic E-state index is 0.123. The highest BCUT2D eigenvalue weighted by Crippen LogP contribution is 2.13. The van der Waals surface area contributed by atoms with Gasteiger partial charge >= 0.3 is 23.9 Å². The van der Waals surface area contributed by atoms with Crippen molar-refractivity contribution < 1.29 is 47.7 Å². The second-order valence-electron chi connectivity index (χ2n) is 4.56. The normalized spacial score (nSPS) is 10.2. The van der Waals surface area contributed by atoms with Crippen LogP contribution in [0.15, 0.2) is 33.5 Å². The molecule has 0 saturated heterocycles. The molecule has 2 aromatic heterocycles. The van der Waals surface area contributed by atoms with Crippen molar-refractivity contribution in [1.82, 2.24) is 0 Å². The molecule has 0 bridgehead atoms. The minimum atomic E-state index is -1.40. The quantitative estimate of drug-likeness (QED) is 0.529. The Labute approximate surface area is 139 Å². The summed E-state index contributed by atoms with van der Waals surface area (Å²) in [5.74, 6) is -5.64. The Morgan fingerprint density at radius 1 is 0.800 bits per heavy atom. The van der Waals surface area contributed by atoms with Crippen LogP contribution in [0, 0.1) is 0 Å². The van der Waals surface area contributed by atoms with Crippen LogP contribution in [-0.2, 0) is 9.47 Å². The highest BCUT2D eigenvalue weighted by atomic mass is 16.5. The fourth-order valence-electron chi connectivity index (χ4n) is 1.82. The second kappa shape index (κ2) is 7.81. The smallest absolute Gasteiger partial charge is 0.372 e. The van der Waals surface area contributed by atoms with Crippen LogP contribution in [0.4, 0.5) is 0 Å². The Hall–Kier alpha value is -3.56. The maximum atomic E-state index is 11.7. The van der Waals surface area contributed by atoms with E-state index in [9.17, 15) is 19.2 Å². The lowest BCUT2D eigenvalue weighted by molar-refractivity contribution is 0.0382. The molecule has 0 unspecified atom stereocenters. The van der Waals surface area contributed by atoms with Gasteiger partial charge in [-0.2, -0.15) is 0 Å². The molecule has 0 amide bonds. The summed E-state index contributed by atoms with van der Waals surface area (Å²) < 4.78 is 19.0. The van der Waals surface area contributed by atoms with E-state index in [2.05, 4.69) is 8.83 Å². The summed E-state index contributed by atoms with van der Waals surface area (Å²) in [5, 5.41) is 17.6. The van der Waals surface area contributed by atoms with Gasteiger partial charge in [-0.1, -0.05) is 0 Å². The van der Waals surface area contributed by atoms with Crippen molar-refractivity contribution in [3.63, 3.8) is 0 Å². The first-order chi connectivity index (χ1) is 11.9. The van der Waals surface area contributed by atoms with Crippen molar-refractivity contribution in [2.45, 2.75) is 6.42 Å². The summed E-state index contributed by atoms with van der Waals surface area (Å²) in [5.41, 5.74) is -0.456. The van der Waals surface area contributed by atoms with Gasteiger partial charge in [0.2, 0.25) is 11.5 Å². The van der Waals surface area contributed by atoms with E-state index in [1.807, 2.05) is 0 Å². The predicted molar refractivity (Wildman–Crippen MR) is 76.5 cm³/mol. The van der Waals surface area contributed by atoms with E-state index in [-0.39, 0.29) is 30.8 Å². The fourth-order valence-corrected chi connectivity index (χ4v) is 1.82. The molecule has 0 saturated carbocycles. The van der Waals surface area contributed by atoms with Crippen molar-refractivity contribution >= 4 is 23.9 Å². The number of furan rings is 2. The van der Waals surface area contributed by atoms with Crippen molar-refractivity contribution in [1.29, 1.82) is 0 Å².